The summed E-state index contributed by atoms with van der Waals surface area (Å²) in [5, 5.41) is 3.13. The molecule has 0 radical (unpaired) electrons. The zero-order chi connectivity index (χ0) is 28.7. The molecular weight excluding hydrogens is 565 g/mol. The monoisotopic (exact) mass is 593 g/mol. The highest BCUT2D eigenvalue weighted by Gasteiger charge is 2.33. The summed E-state index contributed by atoms with van der Waals surface area (Å²) in [4.78, 5) is 27.7. The van der Waals surface area contributed by atoms with Crippen LogP contribution in [0.5, 0.6) is 11.5 Å². The van der Waals surface area contributed by atoms with Crippen molar-refractivity contribution in [2.75, 3.05) is 32.1 Å². The van der Waals surface area contributed by atoms with Gasteiger partial charge in [-0.3, -0.25) is 13.9 Å². The van der Waals surface area contributed by atoms with Crippen molar-refractivity contribution in [1.29, 1.82) is 0 Å². The maximum atomic E-state index is 13.9. The summed E-state index contributed by atoms with van der Waals surface area (Å²) in [6.07, 6.45) is 0. The Morgan fingerprint density at radius 3 is 2.10 bits per heavy atom. The zero-order valence-corrected chi connectivity index (χ0v) is 24.2. The predicted octanol–water partition coefficient (Wildman–Crippen LogP) is 4.37. The van der Waals surface area contributed by atoms with Gasteiger partial charge >= 0.3 is 0 Å². The van der Waals surface area contributed by atoms with E-state index in [1.54, 1.807) is 42.5 Å². The molecule has 12 heteroatoms. The Hall–Kier alpha value is -3.47. The van der Waals surface area contributed by atoms with Gasteiger partial charge in [-0.1, -0.05) is 47.5 Å². The molecule has 208 valence electrons. The Labute approximate surface area is 238 Å². The molecule has 3 aromatic rings. The molecule has 0 saturated carbocycles. The highest BCUT2D eigenvalue weighted by molar-refractivity contribution is 7.92. The molecule has 3 rings (SSSR count). The second-order valence-electron chi connectivity index (χ2n) is 8.38. The van der Waals surface area contributed by atoms with Gasteiger partial charge in [0.25, 0.3) is 10.0 Å². The van der Waals surface area contributed by atoms with Gasteiger partial charge < -0.3 is 19.7 Å². The molecule has 0 saturated heterocycles. The predicted molar refractivity (Wildman–Crippen MR) is 151 cm³/mol. The van der Waals surface area contributed by atoms with Crippen molar-refractivity contribution in [3.8, 4) is 11.5 Å². The Morgan fingerprint density at radius 2 is 1.54 bits per heavy atom. The van der Waals surface area contributed by atoms with E-state index in [9.17, 15) is 18.0 Å². The molecule has 1 N–H and O–H groups in total. The molecule has 0 aliphatic heterocycles. The van der Waals surface area contributed by atoms with E-state index in [4.69, 9.17) is 32.7 Å². The molecule has 0 fully saturated rings. The van der Waals surface area contributed by atoms with Crippen LogP contribution >= 0.6 is 23.2 Å². The first kappa shape index (κ1) is 30.1. The third-order valence-corrected chi connectivity index (χ3v) is 8.57. The Bertz CT molecular complexity index is 1420. The van der Waals surface area contributed by atoms with Crippen molar-refractivity contribution >= 4 is 50.7 Å². The topological polar surface area (TPSA) is 105 Å². The second kappa shape index (κ2) is 13.1. The number of halogens is 2. The van der Waals surface area contributed by atoms with E-state index >= 15 is 0 Å². The molecular formula is C27H29Cl2N3O6S. The molecule has 0 aromatic heterocycles. The summed E-state index contributed by atoms with van der Waals surface area (Å²) in [7, 11) is 0.0884. The lowest BCUT2D eigenvalue weighted by Gasteiger charge is -2.32. The van der Waals surface area contributed by atoms with E-state index in [1.807, 2.05) is 0 Å². The largest absolute Gasteiger partial charge is 0.493 e. The maximum absolute atomic E-state index is 13.9. The Morgan fingerprint density at radius 1 is 0.923 bits per heavy atom. The molecule has 0 unspecified atom stereocenters. The van der Waals surface area contributed by atoms with Gasteiger partial charge in [0.05, 0.1) is 24.8 Å². The molecule has 0 aliphatic rings. The second-order valence-corrected chi connectivity index (χ2v) is 11.1. The highest BCUT2D eigenvalue weighted by atomic mass is 35.5. The number of hydrogen-bond acceptors (Lipinski definition) is 6. The molecule has 0 heterocycles. The third-order valence-electron chi connectivity index (χ3n) is 6.07. The lowest BCUT2D eigenvalue weighted by atomic mass is 10.1. The van der Waals surface area contributed by atoms with Crippen LogP contribution in [0.3, 0.4) is 0 Å². The van der Waals surface area contributed by atoms with Gasteiger partial charge in [0.1, 0.15) is 12.6 Å². The van der Waals surface area contributed by atoms with Crippen molar-refractivity contribution in [2.45, 2.75) is 24.4 Å². The van der Waals surface area contributed by atoms with E-state index in [2.05, 4.69) is 5.32 Å². The van der Waals surface area contributed by atoms with Gasteiger partial charge in [-0.2, -0.15) is 0 Å². The van der Waals surface area contributed by atoms with E-state index in [0.29, 0.717) is 21.4 Å². The maximum Gasteiger partial charge on any atom is 0.264 e. The SMILES string of the molecule is CNC(=O)[C@H](C)N(Cc1c(Cl)cccc1Cl)C(=O)CN(c1ccc(OC)c(OC)c1)S(=O)(=O)c1ccccc1. The molecule has 0 aliphatic carbocycles. The summed E-state index contributed by atoms with van der Waals surface area (Å²) < 4.78 is 39.3. The standard InChI is InChI=1S/C27H29Cl2N3O6S/c1-18(27(34)30-2)31(16-21-22(28)11-8-12-23(21)29)26(33)17-32(39(35,36)20-9-6-5-7-10-20)19-13-14-24(37-3)25(15-19)38-4/h5-15,18H,16-17H2,1-4H3,(H,30,34)/t18-/m0/s1. The third kappa shape index (κ3) is 6.76. The van der Waals surface area contributed by atoms with Crippen LogP contribution in [0.15, 0.2) is 71.6 Å². The lowest BCUT2D eigenvalue weighted by molar-refractivity contribution is -0.139. The number of carbonyl (C=O) groups is 2. The number of methoxy groups -OCH3 is 2. The molecule has 3 aromatic carbocycles. The number of carbonyl (C=O) groups excluding carboxylic acids is 2. The molecule has 1 atom stereocenters. The molecule has 2 amide bonds. The number of nitrogens with zero attached hydrogens (tertiary/aromatic N) is 2. The molecule has 39 heavy (non-hydrogen) atoms. The van der Waals surface area contributed by atoms with E-state index in [1.165, 1.54) is 57.4 Å². The van der Waals surface area contributed by atoms with Crippen molar-refractivity contribution in [3.05, 3.63) is 82.3 Å². The summed E-state index contributed by atoms with van der Waals surface area (Å²) in [6.45, 7) is 0.779. The number of ether oxygens (including phenoxy) is 2. The van der Waals surface area contributed by atoms with Gasteiger partial charge in [0, 0.05) is 35.3 Å². The minimum Gasteiger partial charge on any atom is -0.493 e. The fourth-order valence-electron chi connectivity index (χ4n) is 3.87. The fourth-order valence-corrected chi connectivity index (χ4v) is 5.82. The van der Waals surface area contributed by atoms with Crippen LogP contribution in [0.25, 0.3) is 0 Å². The molecule has 0 spiro atoms. The first-order chi connectivity index (χ1) is 18.5. The summed E-state index contributed by atoms with van der Waals surface area (Å²) in [5.74, 6) is -0.450. The van der Waals surface area contributed by atoms with Crippen LogP contribution in [-0.4, -0.2) is 59.0 Å². The number of rotatable bonds is 11. The van der Waals surface area contributed by atoms with Crippen molar-refractivity contribution in [3.63, 3.8) is 0 Å². The van der Waals surface area contributed by atoms with Crippen LogP contribution in [0.1, 0.15) is 12.5 Å². The average molecular weight is 595 g/mol. The fraction of sp³-hybridized carbons (Fsp3) is 0.259. The Balaban J connectivity index is 2.11. The number of benzene rings is 3. The van der Waals surface area contributed by atoms with Gasteiger partial charge in [-0.05, 0) is 43.3 Å². The number of anilines is 1. The van der Waals surface area contributed by atoms with E-state index in [-0.39, 0.29) is 22.9 Å². The summed E-state index contributed by atoms with van der Waals surface area (Å²) in [6, 6.07) is 16.2. The Kier molecular flexibility index (Phi) is 10.1. The molecule has 9 nitrogen and oxygen atoms in total. The highest BCUT2D eigenvalue weighted by Crippen LogP contribution is 2.34. The van der Waals surface area contributed by atoms with Gasteiger partial charge in [-0.15, -0.1) is 0 Å². The van der Waals surface area contributed by atoms with Crippen molar-refractivity contribution in [2.24, 2.45) is 0 Å². The van der Waals surface area contributed by atoms with Crippen LogP contribution in [0.4, 0.5) is 5.69 Å². The number of nitrogens with one attached hydrogen (secondary N) is 1. The van der Waals surface area contributed by atoms with Crippen molar-refractivity contribution in [1.82, 2.24) is 10.2 Å². The first-order valence-electron chi connectivity index (χ1n) is 11.8. The number of hydrogen-bond donors (Lipinski definition) is 1. The summed E-state index contributed by atoms with van der Waals surface area (Å²) in [5.41, 5.74) is 0.585. The van der Waals surface area contributed by atoms with Gasteiger partial charge in [0.2, 0.25) is 11.8 Å². The zero-order valence-electron chi connectivity index (χ0n) is 21.9. The number of amides is 2. The number of likely N-dealkylation sites (N-methyl/N-ethyl adjacent to an activating group) is 1. The van der Waals surface area contributed by atoms with Crippen LogP contribution < -0.4 is 19.1 Å². The van der Waals surface area contributed by atoms with Crippen molar-refractivity contribution < 1.29 is 27.5 Å². The molecule has 0 bridgehead atoms. The minimum atomic E-state index is -4.23. The normalized spacial score (nSPS) is 11.8. The number of sulfonamides is 1. The minimum absolute atomic E-state index is 0.0207. The average Bonchev–Trinajstić information content (AvgIpc) is 2.94. The van der Waals surface area contributed by atoms with Crippen LogP contribution in [0.2, 0.25) is 10.0 Å². The van der Waals surface area contributed by atoms with E-state index in [0.717, 1.165) is 4.31 Å². The van der Waals surface area contributed by atoms with Crippen LogP contribution in [0, 0.1) is 0 Å². The smallest absolute Gasteiger partial charge is 0.264 e. The quantitative estimate of drug-likeness (QED) is 0.354. The summed E-state index contributed by atoms with van der Waals surface area (Å²) >= 11 is 12.7. The van der Waals surface area contributed by atoms with Gasteiger partial charge in [0.15, 0.2) is 11.5 Å². The lowest BCUT2D eigenvalue weighted by Crippen LogP contribution is -2.50. The first-order valence-corrected chi connectivity index (χ1v) is 14.0. The van der Waals surface area contributed by atoms with Crippen LogP contribution in [-0.2, 0) is 26.2 Å². The van der Waals surface area contributed by atoms with Gasteiger partial charge in [-0.25, -0.2) is 8.42 Å². The van der Waals surface area contributed by atoms with E-state index < -0.39 is 34.4 Å².